The van der Waals surface area contributed by atoms with Gasteiger partial charge >= 0.3 is 6.18 Å². The standard InChI is InChI=1S/C20H18ClF3N4O/c21-16-2-1-3-17(12-16)28-10-8-27(9-11-28)13-18-25-19(26-29-18)14-4-6-15(7-5-14)20(22,23)24/h1-7,12H,8-11,13H2. The summed E-state index contributed by atoms with van der Waals surface area (Å²) in [6.45, 7) is 3.84. The molecule has 1 aromatic heterocycles. The predicted octanol–water partition coefficient (Wildman–Crippen LogP) is 4.73. The molecule has 9 heteroatoms. The Morgan fingerprint density at radius 1 is 1.00 bits per heavy atom. The molecule has 1 aliphatic heterocycles. The van der Waals surface area contributed by atoms with Crippen molar-refractivity contribution in [1.29, 1.82) is 0 Å². The molecule has 5 nitrogen and oxygen atoms in total. The van der Waals surface area contributed by atoms with Gasteiger partial charge in [-0.25, -0.2) is 0 Å². The fraction of sp³-hybridized carbons (Fsp3) is 0.300. The van der Waals surface area contributed by atoms with Crippen molar-refractivity contribution in [3.63, 3.8) is 0 Å². The van der Waals surface area contributed by atoms with Gasteiger partial charge in [-0.05, 0) is 30.3 Å². The Morgan fingerprint density at radius 2 is 1.72 bits per heavy atom. The number of halogens is 4. The smallest absolute Gasteiger partial charge is 0.369 e. The molecule has 1 aliphatic rings. The first kappa shape index (κ1) is 19.7. The van der Waals surface area contributed by atoms with Crippen LogP contribution in [0.1, 0.15) is 11.5 Å². The number of hydrogen-bond donors (Lipinski definition) is 0. The maximum absolute atomic E-state index is 12.7. The minimum absolute atomic E-state index is 0.284. The van der Waals surface area contributed by atoms with E-state index in [1.807, 2.05) is 24.3 Å². The third-order valence-corrected chi connectivity index (χ3v) is 5.08. The molecule has 0 radical (unpaired) electrons. The molecule has 0 atom stereocenters. The van der Waals surface area contributed by atoms with Gasteiger partial charge in [0.2, 0.25) is 11.7 Å². The second-order valence-electron chi connectivity index (χ2n) is 6.83. The van der Waals surface area contributed by atoms with Crippen LogP contribution in [-0.4, -0.2) is 41.2 Å². The molecular formula is C20H18ClF3N4O. The summed E-state index contributed by atoms with van der Waals surface area (Å²) in [5.74, 6) is 0.724. The quantitative estimate of drug-likeness (QED) is 0.608. The van der Waals surface area contributed by atoms with Gasteiger partial charge in [0.05, 0.1) is 12.1 Å². The van der Waals surface area contributed by atoms with Crippen LogP contribution in [0.25, 0.3) is 11.4 Å². The van der Waals surface area contributed by atoms with Crippen molar-refractivity contribution >= 4 is 17.3 Å². The van der Waals surface area contributed by atoms with Gasteiger partial charge in [-0.3, -0.25) is 4.90 Å². The normalized spacial score (nSPS) is 15.7. The zero-order chi connectivity index (χ0) is 20.4. The van der Waals surface area contributed by atoms with E-state index in [2.05, 4.69) is 19.9 Å². The Morgan fingerprint density at radius 3 is 2.38 bits per heavy atom. The molecule has 0 unspecified atom stereocenters. The van der Waals surface area contributed by atoms with Crippen LogP contribution in [0.3, 0.4) is 0 Å². The van der Waals surface area contributed by atoms with Crippen LogP contribution in [0, 0.1) is 0 Å². The van der Waals surface area contributed by atoms with E-state index >= 15 is 0 Å². The molecule has 0 spiro atoms. The van der Waals surface area contributed by atoms with Crippen LogP contribution in [0.4, 0.5) is 18.9 Å². The van der Waals surface area contributed by atoms with Gasteiger partial charge in [-0.1, -0.05) is 35.0 Å². The molecule has 0 saturated carbocycles. The zero-order valence-electron chi connectivity index (χ0n) is 15.4. The SMILES string of the molecule is FC(F)(F)c1ccc(-c2noc(CN3CCN(c4cccc(Cl)c4)CC3)n2)cc1. The number of aromatic nitrogens is 2. The Bertz CT molecular complexity index is 966. The largest absolute Gasteiger partial charge is 0.416 e. The third kappa shape index (κ3) is 4.71. The van der Waals surface area contributed by atoms with Crippen LogP contribution in [0.2, 0.25) is 5.02 Å². The number of nitrogens with zero attached hydrogens (tertiary/aromatic N) is 4. The first-order valence-electron chi connectivity index (χ1n) is 9.11. The second-order valence-corrected chi connectivity index (χ2v) is 7.27. The van der Waals surface area contributed by atoms with E-state index in [0.29, 0.717) is 23.0 Å². The van der Waals surface area contributed by atoms with E-state index < -0.39 is 11.7 Å². The molecule has 0 bridgehead atoms. The van der Waals surface area contributed by atoms with E-state index in [9.17, 15) is 13.2 Å². The summed E-state index contributed by atoms with van der Waals surface area (Å²) in [5, 5.41) is 4.61. The van der Waals surface area contributed by atoms with E-state index in [0.717, 1.165) is 44.0 Å². The molecule has 0 amide bonds. The van der Waals surface area contributed by atoms with Gasteiger partial charge in [-0.15, -0.1) is 0 Å². The molecule has 4 rings (SSSR count). The van der Waals surface area contributed by atoms with E-state index in [-0.39, 0.29) is 5.82 Å². The highest BCUT2D eigenvalue weighted by Crippen LogP contribution is 2.30. The highest BCUT2D eigenvalue weighted by Gasteiger charge is 2.30. The van der Waals surface area contributed by atoms with E-state index in [4.69, 9.17) is 16.1 Å². The summed E-state index contributed by atoms with van der Waals surface area (Å²) in [7, 11) is 0. The topological polar surface area (TPSA) is 45.4 Å². The lowest BCUT2D eigenvalue weighted by Crippen LogP contribution is -2.46. The fourth-order valence-electron chi connectivity index (χ4n) is 3.27. The highest BCUT2D eigenvalue weighted by molar-refractivity contribution is 6.30. The van der Waals surface area contributed by atoms with Gasteiger partial charge < -0.3 is 9.42 Å². The van der Waals surface area contributed by atoms with E-state index in [1.165, 1.54) is 12.1 Å². The van der Waals surface area contributed by atoms with Crippen molar-refractivity contribution in [2.45, 2.75) is 12.7 Å². The lowest BCUT2D eigenvalue weighted by atomic mass is 10.1. The number of rotatable bonds is 4. The second kappa shape index (κ2) is 8.04. The minimum atomic E-state index is -4.37. The van der Waals surface area contributed by atoms with Crippen molar-refractivity contribution in [1.82, 2.24) is 15.0 Å². The molecule has 2 heterocycles. The summed E-state index contributed by atoms with van der Waals surface area (Å²) in [6.07, 6.45) is -4.37. The first-order valence-corrected chi connectivity index (χ1v) is 9.49. The molecule has 2 aromatic carbocycles. The molecule has 0 N–H and O–H groups in total. The predicted molar refractivity (Wildman–Crippen MR) is 104 cm³/mol. The summed E-state index contributed by atoms with van der Waals surface area (Å²) in [5.41, 5.74) is 0.876. The molecule has 1 saturated heterocycles. The average molecular weight is 423 g/mol. The van der Waals surface area contributed by atoms with Crippen LogP contribution < -0.4 is 4.90 Å². The number of piperazine rings is 1. The monoisotopic (exact) mass is 422 g/mol. The van der Waals surface area contributed by atoms with E-state index in [1.54, 1.807) is 0 Å². The van der Waals surface area contributed by atoms with Gasteiger partial charge in [0.1, 0.15) is 0 Å². The first-order chi connectivity index (χ1) is 13.9. The summed E-state index contributed by atoms with van der Waals surface area (Å²) in [6, 6.07) is 12.5. The molecule has 0 aliphatic carbocycles. The maximum Gasteiger partial charge on any atom is 0.416 e. The number of alkyl halides is 3. The van der Waals surface area contributed by atoms with Crippen molar-refractivity contribution < 1.29 is 17.7 Å². The summed E-state index contributed by atoms with van der Waals surface area (Å²) in [4.78, 5) is 8.79. The van der Waals surface area contributed by atoms with Gasteiger partial charge in [0.25, 0.3) is 0 Å². The van der Waals surface area contributed by atoms with Crippen molar-refractivity contribution in [3.05, 3.63) is 65.0 Å². The number of benzene rings is 2. The number of hydrogen-bond acceptors (Lipinski definition) is 5. The summed E-state index contributed by atoms with van der Waals surface area (Å²) < 4.78 is 43.3. The van der Waals surface area contributed by atoms with Crippen molar-refractivity contribution in [2.24, 2.45) is 0 Å². The molecule has 1 fully saturated rings. The van der Waals surface area contributed by atoms with Gasteiger partial charge in [0, 0.05) is 42.5 Å². The molecular weight excluding hydrogens is 405 g/mol. The number of anilines is 1. The van der Waals surface area contributed by atoms with Crippen LogP contribution in [0.15, 0.2) is 53.1 Å². The third-order valence-electron chi connectivity index (χ3n) is 4.84. The van der Waals surface area contributed by atoms with Crippen molar-refractivity contribution in [2.75, 3.05) is 31.1 Å². The fourth-order valence-corrected chi connectivity index (χ4v) is 3.46. The Kier molecular flexibility index (Phi) is 5.47. The van der Waals surface area contributed by atoms with Gasteiger partial charge in [-0.2, -0.15) is 18.2 Å². The molecule has 29 heavy (non-hydrogen) atoms. The average Bonchev–Trinajstić information content (AvgIpc) is 3.16. The lowest BCUT2D eigenvalue weighted by molar-refractivity contribution is -0.137. The summed E-state index contributed by atoms with van der Waals surface area (Å²) >= 11 is 6.06. The Balaban J connectivity index is 1.35. The van der Waals surface area contributed by atoms with Gasteiger partial charge in [0.15, 0.2) is 0 Å². The van der Waals surface area contributed by atoms with Crippen LogP contribution in [0.5, 0.6) is 0 Å². The van der Waals surface area contributed by atoms with Crippen LogP contribution in [-0.2, 0) is 12.7 Å². The van der Waals surface area contributed by atoms with Crippen molar-refractivity contribution in [3.8, 4) is 11.4 Å². The minimum Gasteiger partial charge on any atom is -0.369 e. The molecule has 152 valence electrons. The Hall–Kier alpha value is -2.58. The zero-order valence-corrected chi connectivity index (χ0v) is 16.1. The maximum atomic E-state index is 12.7. The highest BCUT2D eigenvalue weighted by atomic mass is 35.5. The molecule has 3 aromatic rings. The van der Waals surface area contributed by atoms with Crippen LogP contribution >= 0.6 is 11.6 Å². The lowest BCUT2D eigenvalue weighted by Gasteiger charge is -2.35. The Labute approximate surface area is 170 Å².